The molecule has 4 nitrogen and oxygen atoms in total. The normalized spacial score (nSPS) is 32.3. The molecule has 1 saturated heterocycles. The lowest BCUT2D eigenvalue weighted by Crippen LogP contribution is -2.61. The fourth-order valence-electron chi connectivity index (χ4n) is 5.42. The monoisotopic (exact) mass is 384 g/mol. The lowest BCUT2D eigenvalue weighted by Gasteiger charge is -2.59. The van der Waals surface area contributed by atoms with Crippen LogP contribution in [0.2, 0.25) is 0 Å². The molecule has 1 aliphatic heterocycles. The van der Waals surface area contributed by atoms with Crippen LogP contribution in [0.25, 0.3) is 0 Å². The molecule has 2 aromatic rings. The van der Waals surface area contributed by atoms with E-state index in [1.165, 1.54) is 17.1 Å². The summed E-state index contributed by atoms with van der Waals surface area (Å²) in [4.78, 5) is 25.8. The van der Waals surface area contributed by atoms with Crippen molar-refractivity contribution in [2.75, 3.05) is 0 Å². The number of Topliss-reactive ketones (excluding diaryl/α,β-unsaturated/α-hetero) is 1. The second-order valence-corrected chi connectivity index (χ2v) is 8.33. The van der Waals surface area contributed by atoms with Crippen molar-refractivity contribution < 1.29 is 13.6 Å². The van der Waals surface area contributed by atoms with Gasteiger partial charge in [0.05, 0.1) is 28.2 Å². The van der Waals surface area contributed by atoms with Gasteiger partial charge in [-0.05, 0) is 25.0 Å². The van der Waals surface area contributed by atoms with E-state index in [4.69, 9.17) is 0 Å². The molecular weight excluding hydrogens is 362 g/mol. The van der Waals surface area contributed by atoms with Gasteiger partial charge in [-0.25, -0.2) is 13.8 Å². The summed E-state index contributed by atoms with van der Waals surface area (Å²) >= 11 is 0. The molecule has 6 heteroatoms. The van der Waals surface area contributed by atoms with Crippen LogP contribution in [0.1, 0.15) is 56.3 Å². The van der Waals surface area contributed by atoms with Gasteiger partial charge < -0.3 is 0 Å². The molecule has 146 valence electrons. The van der Waals surface area contributed by atoms with E-state index in [9.17, 15) is 18.5 Å². The lowest BCUT2D eigenvalue weighted by molar-refractivity contribution is -0.172. The van der Waals surface area contributed by atoms with Crippen LogP contribution in [0, 0.1) is 27.4 Å². The maximum atomic E-state index is 14.8. The minimum Gasteiger partial charge on any atom is -0.298 e. The van der Waals surface area contributed by atoms with Crippen LogP contribution in [0.4, 0.5) is 8.78 Å². The minimum absolute atomic E-state index is 0.0624. The molecule has 0 radical (unpaired) electrons. The third-order valence-electron chi connectivity index (χ3n) is 6.66. The number of carbonyl (C=O) groups excluding carboxylic acids is 1. The second kappa shape index (κ2) is 6.47. The van der Waals surface area contributed by atoms with E-state index in [2.05, 4.69) is 5.29 Å². The summed E-state index contributed by atoms with van der Waals surface area (Å²) in [5.74, 6) is -1.07. The maximum Gasteiger partial charge on any atom is 0.149 e. The van der Waals surface area contributed by atoms with Crippen molar-refractivity contribution in [2.45, 2.75) is 45.2 Å². The fourth-order valence-corrected chi connectivity index (χ4v) is 5.42. The predicted octanol–water partition coefficient (Wildman–Crippen LogP) is 5.51. The Hall–Kier alpha value is -2.63. The molecule has 0 aromatic heterocycles. The van der Waals surface area contributed by atoms with Gasteiger partial charge in [-0.1, -0.05) is 56.7 Å². The third-order valence-corrected chi connectivity index (χ3v) is 6.66. The topological polar surface area (TPSA) is 49.7 Å². The number of nitrogens with zero attached hydrogens (tertiary/aromatic N) is 2. The van der Waals surface area contributed by atoms with Crippen LogP contribution in [0.15, 0.2) is 53.8 Å². The summed E-state index contributed by atoms with van der Waals surface area (Å²) in [7, 11) is 0. The zero-order valence-electron chi connectivity index (χ0n) is 15.9. The van der Waals surface area contributed by atoms with Crippen molar-refractivity contribution in [1.82, 2.24) is 5.01 Å². The first kappa shape index (κ1) is 18.7. The molecule has 0 N–H and O–H groups in total. The Morgan fingerprint density at radius 1 is 0.893 bits per heavy atom. The highest BCUT2D eigenvalue weighted by Crippen LogP contribution is 2.63. The number of hydrogen-bond donors (Lipinski definition) is 0. The van der Waals surface area contributed by atoms with Gasteiger partial charge in [0.1, 0.15) is 17.4 Å². The average Bonchev–Trinajstić information content (AvgIpc) is 2.67. The molecule has 4 atom stereocenters. The van der Waals surface area contributed by atoms with E-state index in [-0.39, 0.29) is 16.9 Å². The van der Waals surface area contributed by atoms with Gasteiger partial charge in [0.2, 0.25) is 0 Å². The Labute approximate surface area is 162 Å². The highest BCUT2D eigenvalue weighted by molar-refractivity contribution is 5.93. The van der Waals surface area contributed by atoms with Crippen molar-refractivity contribution in [3.63, 3.8) is 0 Å². The smallest absolute Gasteiger partial charge is 0.149 e. The van der Waals surface area contributed by atoms with Crippen molar-refractivity contribution >= 4 is 5.78 Å². The molecular formula is C22H22F2N2O2. The number of carbonyl (C=O) groups is 1. The zero-order valence-corrected chi connectivity index (χ0v) is 15.9. The van der Waals surface area contributed by atoms with Crippen LogP contribution in [0.3, 0.4) is 0 Å². The molecule has 2 fully saturated rings. The van der Waals surface area contributed by atoms with Crippen molar-refractivity contribution in [1.29, 1.82) is 0 Å². The van der Waals surface area contributed by atoms with Crippen LogP contribution >= 0.6 is 0 Å². The number of halogens is 2. The molecule has 1 heterocycles. The maximum absolute atomic E-state index is 14.8. The highest BCUT2D eigenvalue weighted by Gasteiger charge is 2.64. The Kier molecular flexibility index (Phi) is 4.32. The van der Waals surface area contributed by atoms with Crippen molar-refractivity contribution in [3.8, 4) is 0 Å². The fraction of sp³-hybridized carbons (Fsp3) is 0.409. The van der Waals surface area contributed by atoms with E-state index >= 15 is 0 Å². The number of fused-ring (bicyclic) bond motifs is 2. The quantitative estimate of drug-likeness (QED) is 0.656. The van der Waals surface area contributed by atoms with E-state index < -0.39 is 34.5 Å². The van der Waals surface area contributed by atoms with E-state index in [0.29, 0.717) is 12.8 Å². The Morgan fingerprint density at radius 3 is 1.71 bits per heavy atom. The summed E-state index contributed by atoms with van der Waals surface area (Å²) in [6, 6.07) is 10.4. The zero-order chi connectivity index (χ0) is 20.1. The van der Waals surface area contributed by atoms with E-state index in [1.54, 1.807) is 50.2 Å². The Morgan fingerprint density at radius 2 is 1.32 bits per heavy atom. The van der Waals surface area contributed by atoms with Gasteiger partial charge in [-0.2, -0.15) is 0 Å². The third kappa shape index (κ3) is 2.43. The van der Waals surface area contributed by atoms with Crippen LogP contribution < -0.4 is 0 Å². The van der Waals surface area contributed by atoms with E-state index in [1.807, 2.05) is 0 Å². The molecule has 2 bridgehead atoms. The number of hydrogen-bond acceptors (Lipinski definition) is 3. The Balaban J connectivity index is 1.99. The van der Waals surface area contributed by atoms with Crippen molar-refractivity contribution in [2.24, 2.45) is 16.1 Å². The largest absolute Gasteiger partial charge is 0.298 e. The summed E-state index contributed by atoms with van der Waals surface area (Å²) < 4.78 is 29.5. The molecule has 1 aliphatic carbocycles. The predicted molar refractivity (Wildman–Crippen MR) is 101 cm³/mol. The molecule has 0 spiro atoms. The van der Waals surface area contributed by atoms with Gasteiger partial charge in [0.25, 0.3) is 0 Å². The lowest BCUT2D eigenvalue weighted by atomic mass is 9.52. The molecule has 2 aliphatic rings. The van der Waals surface area contributed by atoms with Gasteiger partial charge in [-0.15, -0.1) is 4.91 Å². The number of benzene rings is 2. The van der Waals surface area contributed by atoms with Gasteiger partial charge in [0.15, 0.2) is 0 Å². The molecule has 0 amide bonds. The summed E-state index contributed by atoms with van der Waals surface area (Å²) in [5.41, 5.74) is -1.48. The van der Waals surface area contributed by atoms with E-state index in [0.717, 1.165) is 6.42 Å². The van der Waals surface area contributed by atoms with Crippen LogP contribution in [-0.4, -0.2) is 10.8 Å². The van der Waals surface area contributed by atoms with Crippen LogP contribution in [0.5, 0.6) is 0 Å². The number of piperidine rings is 1. The summed E-state index contributed by atoms with van der Waals surface area (Å²) in [5, 5.41) is 4.48. The standard InChI is InChI=1S/C22H22F2N2O2/c1-21-12-7-13-22(2,20(21)27)19(15-9-4-6-11-17(15)24)26(25-28)18(21)14-8-3-5-10-16(14)23/h3-6,8-11,18-19H,7,12-13H2,1-2H3/t18?,19?,21-,22+. The van der Waals surface area contributed by atoms with Crippen LogP contribution in [-0.2, 0) is 4.79 Å². The number of nitroso groups, excluding NO2 is 1. The number of rotatable bonds is 3. The highest BCUT2D eigenvalue weighted by atomic mass is 19.1. The molecule has 2 unspecified atom stereocenters. The summed E-state index contributed by atoms with van der Waals surface area (Å²) in [6.45, 7) is 3.55. The molecule has 1 saturated carbocycles. The SMILES string of the molecule is C[C@]12CCC[C@](C)(C1=O)C(c1ccccc1F)N(N=O)C2c1ccccc1F. The number of ketones is 1. The first-order chi connectivity index (χ1) is 13.3. The average molecular weight is 384 g/mol. The van der Waals surface area contributed by atoms with Crippen molar-refractivity contribution in [3.05, 3.63) is 76.2 Å². The first-order valence-corrected chi connectivity index (χ1v) is 9.50. The molecule has 28 heavy (non-hydrogen) atoms. The van der Waals surface area contributed by atoms with Gasteiger partial charge >= 0.3 is 0 Å². The first-order valence-electron chi connectivity index (χ1n) is 9.50. The van der Waals surface area contributed by atoms with Gasteiger partial charge in [-0.3, -0.25) is 4.79 Å². The van der Waals surface area contributed by atoms with Gasteiger partial charge in [0, 0.05) is 11.1 Å². The molecule has 2 aromatic carbocycles. The second-order valence-electron chi connectivity index (χ2n) is 8.33. The minimum atomic E-state index is -0.981. The molecule has 4 rings (SSSR count). The summed E-state index contributed by atoms with van der Waals surface area (Å²) in [6.07, 6.45) is 1.79. The Bertz CT molecular complexity index is 880.